The van der Waals surface area contributed by atoms with Crippen molar-refractivity contribution in [2.75, 3.05) is 18.4 Å². The van der Waals surface area contributed by atoms with E-state index in [4.69, 9.17) is 9.72 Å². The standard InChI is InChI=1S/C25H30N8O2/c1-25(2,3)35-24(34)32-10-6-7-18(15-32)29-22-9-5-8-19(30-22)21-12-27-23-13-26-20(16-33(21)23)17-11-28-31(4)14-17/h5,8-9,11-14,16,18H,6-7,10,15H2,1-4H3,(H,29,30). The van der Waals surface area contributed by atoms with E-state index >= 15 is 0 Å². The highest BCUT2D eigenvalue weighted by Gasteiger charge is 2.27. The fourth-order valence-corrected chi connectivity index (χ4v) is 4.24. The topological polar surface area (TPSA) is 102 Å². The molecule has 4 aromatic heterocycles. The van der Waals surface area contributed by atoms with Crippen LogP contribution in [0.25, 0.3) is 28.3 Å². The lowest BCUT2D eigenvalue weighted by Crippen LogP contribution is -2.47. The van der Waals surface area contributed by atoms with Crippen molar-refractivity contribution in [2.24, 2.45) is 7.05 Å². The number of rotatable bonds is 4. The van der Waals surface area contributed by atoms with Gasteiger partial charge in [0.15, 0.2) is 5.65 Å². The minimum Gasteiger partial charge on any atom is -0.444 e. The molecule has 1 saturated heterocycles. The molecule has 5 rings (SSSR count). The van der Waals surface area contributed by atoms with Crippen molar-refractivity contribution in [3.8, 4) is 22.6 Å². The van der Waals surface area contributed by atoms with E-state index in [2.05, 4.69) is 20.4 Å². The second-order valence-electron chi connectivity index (χ2n) is 9.86. The number of carbonyl (C=O) groups is 1. The zero-order valence-electron chi connectivity index (χ0n) is 20.5. The molecular formula is C25H30N8O2. The lowest BCUT2D eigenvalue weighted by atomic mass is 10.1. The summed E-state index contributed by atoms with van der Waals surface area (Å²) in [7, 11) is 1.88. The van der Waals surface area contributed by atoms with Crippen molar-refractivity contribution in [3.63, 3.8) is 0 Å². The quantitative estimate of drug-likeness (QED) is 0.477. The van der Waals surface area contributed by atoms with Crippen LogP contribution in [-0.2, 0) is 11.8 Å². The van der Waals surface area contributed by atoms with Gasteiger partial charge in [-0.25, -0.2) is 14.8 Å². The normalized spacial score (nSPS) is 16.5. The third-order valence-electron chi connectivity index (χ3n) is 5.83. The highest BCUT2D eigenvalue weighted by Crippen LogP contribution is 2.24. The number of carbonyl (C=O) groups excluding carboxylic acids is 1. The van der Waals surface area contributed by atoms with Gasteiger partial charge in [-0.1, -0.05) is 6.07 Å². The first-order valence-electron chi connectivity index (χ1n) is 11.8. The molecule has 0 spiro atoms. The third-order valence-corrected chi connectivity index (χ3v) is 5.83. The Morgan fingerprint density at radius 1 is 1.11 bits per heavy atom. The van der Waals surface area contributed by atoms with Gasteiger partial charge in [-0.2, -0.15) is 5.10 Å². The Hall–Kier alpha value is -3.95. The number of nitrogens with zero attached hydrogens (tertiary/aromatic N) is 7. The number of nitrogens with one attached hydrogen (secondary N) is 1. The van der Waals surface area contributed by atoms with Crippen LogP contribution in [0, 0.1) is 0 Å². The number of imidazole rings is 1. The van der Waals surface area contributed by atoms with Crippen molar-refractivity contribution in [1.29, 1.82) is 0 Å². The monoisotopic (exact) mass is 474 g/mol. The number of aromatic nitrogens is 6. The Balaban J connectivity index is 1.35. The van der Waals surface area contributed by atoms with Crippen LogP contribution >= 0.6 is 0 Å². The van der Waals surface area contributed by atoms with E-state index in [1.165, 1.54) is 0 Å². The van der Waals surface area contributed by atoms with Crippen molar-refractivity contribution in [3.05, 3.63) is 49.2 Å². The number of ether oxygens (including phenoxy) is 1. The summed E-state index contributed by atoms with van der Waals surface area (Å²) in [4.78, 5) is 28.2. The number of pyridine rings is 1. The van der Waals surface area contributed by atoms with Gasteiger partial charge in [0.05, 0.1) is 35.7 Å². The van der Waals surface area contributed by atoms with E-state index in [0.29, 0.717) is 13.1 Å². The third kappa shape index (κ3) is 5.11. The van der Waals surface area contributed by atoms with Crippen LogP contribution in [0.1, 0.15) is 33.6 Å². The molecule has 10 heteroatoms. The van der Waals surface area contributed by atoms with Crippen LogP contribution in [-0.4, -0.2) is 64.9 Å². The largest absolute Gasteiger partial charge is 0.444 e. The molecule has 182 valence electrons. The maximum atomic E-state index is 12.5. The van der Waals surface area contributed by atoms with E-state index in [0.717, 1.165) is 47.0 Å². The van der Waals surface area contributed by atoms with Gasteiger partial charge in [0.1, 0.15) is 11.4 Å². The van der Waals surface area contributed by atoms with Gasteiger partial charge in [-0.15, -0.1) is 0 Å². The second-order valence-corrected chi connectivity index (χ2v) is 9.86. The fourth-order valence-electron chi connectivity index (χ4n) is 4.24. The molecule has 1 atom stereocenters. The van der Waals surface area contributed by atoms with Gasteiger partial charge in [-0.05, 0) is 45.7 Å². The molecule has 1 amide bonds. The number of hydrogen-bond acceptors (Lipinski definition) is 7. The first-order valence-corrected chi connectivity index (χ1v) is 11.8. The van der Waals surface area contributed by atoms with E-state index in [9.17, 15) is 4.79 Å². The Morgan fingerprint density at radius 3 is 2.74 bits per heavy atom. The van der Waals surface area contributed by atoms with Gasteiger partial charge < -0.3 is 15.0 Å². The van der Waals surface area contributed by atoms with Gasteiger partial charge in [-0.3, -0.25) is 14.1 Å². The molecule has 1 N–H and O–H groups in total. The van der Waals surface area contributed by atoms with Crippen molar-refractivity contribution >= 4 is 17.6 Å². The molecular weight excluding hydrogens is 444 g/mol. The number of amides is 1. The molecule has 0 aromatic carbocycles. The SMILES string of the molecule is Cn1cc(-c2cn3c(-c4cccc(NC5CCCN(C(=O)OC(C)(C)C)C5)n4)cnc3cn2)cn1. The first kappa shape index (κ1) is 22.8. The Labute approximate surface area is 204 Å². The summed E-state index contributed by atoms with van der Waals surface area (Å²) in [5, 5.41) is 7.75. The summed E-state index contributed by atoms with van der Waals surface area (Å²) >= 11 is 0. The van der Waals surface area contributed by atoms with Crippen molar-refractivity contribution < 1.29 is 9.53 Å². The number of hydrogen-bond donors (Lipinski definition) is 1. The smallest absolute Gasteiger partial charge is 0.410 e. The summed E-state index contributed by atoms with van der Waals surface area (Å²) < 4.78 is 9.30. The maximum absolute atomic E-state index is 12.5. The number of likely N-dealkylation sites (tertiary alicyclic amines) is 1. The molecule has 1 unspecified atom stereocenters. The number of piperidine rings is 1. The minimum atomic E-state index is -0.506. The molecule has 0 aliphatic carbocycles. The summed E-state index contributed by atoms with van der Waals surface area (Å²) in [5.74, 6) is 0.759. The Kier molecular flexibility index (Phi) is 5.88. The minimum absolute atomic E-state index is 0.0996. The van der Waals surface area contributed by atoms with E-state index in [1.807, 2.05) is 62.8 Å². The molecule has 35 heavy (non-hydrogen) atoms. The molecule has 0 bridgehead atoms. The fraction of sp³-hybridized carbons (Fsp3) is 0.400. The van der Waals surface area contributed by atoms with E-state index in [1.54, 1.807) is 28.2 Å². The average molecular weight is 475 g/mol. The lowest BCUT2D eigenvalue weighted by molar-refractivity contribution is 0.0206. The Morgan fingerprint density at radius 2 is 1.97 bits per heavy atom. The van der Waals surface area contributed by atoms with Crippen LogP contribution in [0.5, 0.6) is 0 Å². The van der Waals surface area contributed by atoms with Gasteiger partial charge in [0.2, 0.25) is 0 Å². The van der Waals surface area contributed by atoms with Crippen LogP contribution < -0.4 is 5.32 Å². The number of fused-ring (bicyclic) bond motifs is 1. The molecule has 1 aliphatic rings. The zero-order chi connectivity index (χ0) is 24.6. The molecule has 0 saturated carbocycles. The number of anilines is 1. The predicted molar refractivity (Wildman–Crippen MR) is 133 cm³/mol. The van der Waals surface area contributed by atoms with Gasteiger partial charge in [0.25, 0.3) is 0 Å². The second kappa shape index (κ2) is 9.01. The van der Waals surface area contributed by atoms with Crippen molar-refractivity contribution in [1.82, 2.24) is 34.0 Å². The van der Waals surface area contributed by atoms with Gasteiger partial charge in [0, 0.05) is 44.1 Å². The lowest BCUT2D eigenvalue weighted by Gasteiger charge is -2.34. The predicted octanol–water partition coefficient (Wildman–Crippen LogP) is 4.00. The molecule has 1 fully saturated rings. The molecule has 1 aliphatic heterocycles. The van der Waals surface area contributed by atoms with Gasteiger partial charge >= 0.3 is 6.09 Å². The Bertz CT molecular complexity index is 1350. The van der Waals surface area contributed by atoms with Crippen LogP contribution in [0.2, 0.25) is 0 Å². The molecule has 10 nitrogen and oxygen atoms in total. The zero-order valence-corrected chi connectivity index (χ0v) is 20.5. The maximum Gasteiger partial charge on any atom is 0.410 e. The summed E-state index contributed by atoms with van der Waals surface area (Å²) in [5.41, 5.74) is 3.65. The summed E-state index contributed by atoms with van der Waals surface area (Å²) in [6.45, 7) is 6.94. The highest BCUT2D eigenvalue weighted by atomic mass is 16.6. The van der Waals surface area contributed by atoms with Crippen molar-refractivity contribution in [2.45, 2.75) is 45.3 Å². The molecule has 4 aromatic rings. The average Bonchev–Trinajstić information content (AvgIpc) is 3.44. The molecule has 5 heterocycles. The van der Waals surface area contributed by atoms with E-state index < -0.39 is 5.60 Å². The van der Waals surface area contributed by atoms with Crippen LogP contribution in [0.15, 0.2) is 49.2 Å². The van der Waals surface area contributed by atoms with Crippen LogP contribution in [0.3, 0.4) is 0 Å². The summed E-state index contributed by atoms with van der Waals surface area (Å²) in [6.07, 6.45) is 10.8. The molecule has 0 radical (unpaired) electrons. The summed E-state index contributed by atoms with van der Waals surface area (Å²) in [6, 6.07) is 5.98. The first-order chi connectivity index (χ1) is 16.7. The number of aryl methyl sites for hydroxylation is 1. The highest BCUT2D eigenvalue weighted by molar-refractivity contribution is 5.68. The van der Waals surface area contributed by atoms with E-state index in [-0.39, 0.29) is 12.1 Å². The van der Waals surface area contributed by atoms with Crippen LogP contribution in [0.4, 0.5) is 10.6 Å².